The smallest absolute Gasteiger partial charge is 0.407 e. The van der Waals surface area contributed by atoms with E-state index < -0.39 is 24.1 Å². The summed E-state index contributed by atoms with van der Waals surface area (Å²) in [6.07, 6.45) is -0.597. The number of carboxylic acids is 1. The van der Waals surface area contributed by atoms with Crippen LogP contribution in [-0.4, -0.2) is 42.9 Å². The number of carbonyl (C=O) groups is 3. The maximum atomic E-state index is 12.9. The van der Waals surface area contributed by atoms with Crippen molar-refractivity contribution in [1.29, 1.82) is 0 Å². The zero-order valence-corrected chi connectivity index (χ0v) is 21.4. The molecule has 1 atom stereocenters. The Kier molecular flexibility index (Phi) is 7.34. The Balaban J connectivity index is 1.51. The average molecular weight is 502 g/mol. The van der Waals surface area contributed by atoms with Gasteiger partial charge in [0.2, 0.25) is 0 Å². The molecule has 3 aromatic carbocycles. The van der Waals surface area contributed by atoms with E-state index in [-0.39, 0.29) is 29.9 Å². The third-order valence-electron chi connectivity index (χ3n) is 6.71. The van der Waals surface area contributed by atoms with Gasteiger partial charge in [0.05, 0.1) is 12.7 Å². The quantitative estimate of drug-likeness (QED) is 0.426. The minimum absolute atomic E-state index is 0.106. The topological polar surface area (TPSA) is 102 Å². The van der Waals surface area contributed by atoms with Crippen LogP contribution >= 0.6 is 0 Å². The summed E-state index contributed by atoms with van der Waals surface area (Å²) in [5.41, 5.74) is 5.72. The van der Waals surface area contributed by atoms with E-state index in [0.717, 1.165) is 33.4 Å². The number of fused-ring (bicyclic) bond motifs is 3. The molecule has 2 N–H and O–H groups in total. The molecule has 37 heavy (non-hydrogen) atoms. The summed E-state index contributed by atoms with van der Waals surface area (Å²) in [5, 5.41) is 12.1. The van der Waals surface area contributed by atoms with Crippen molar-refractivity contribution in [3.63, 3.8) is 0 Å². The van der Waals surface area contributed by atoms with Gasteiger partial charge in [-0.3, -0.25) is 0 Å². The third-order valence-corrected chi connectivity index (χ3v) is 6.71. The monoisotopic (exact) mass is 501 g/mol. The number of ether oxygens (including phenoxy) is 2. The van der Waals surface area contributed by atoms with Gasteiger partial charge in [-0.25, -0.2) is 14.4 Å². The van der Waals surface area contributed by atoms with E-state index in [1.54, 1.807) is 12.1 Å². The first-order valence-corrected chi connectivity index (χ1v) is 12.2. The van der Waals surface area contributed by atoms with Crippen molar-refractivity contribution in [3.05, 3.63) is 94.5 Å². The van der Waals surface area contributed by atoms with Crippen molar-refractivity contribution in [2.75, 3.05) is 13.7 Å². The van der Waals surface area contributed by atoms with Crippen LogP contribution in [-0.2, 0) is 26.1 Å². The van der Waals surface area contributed by atoms with Crippen LogP contribution in [0.1, 0.15) is 59.3 Å². The molecule has 1 amide bonds. The third kappa shape index (κ3) is 5.50. The number of rotatable bonds is 7. The van der Waals surface area contributed by atoms with Gasteiger partial charge < -0.3 is 19.9 Å². The van der Waals surface area contributed by atoms with Crippen LogP contribution in [0, 0.1) is 0 Å². The van der Waals surface area contributed by atoms with Gasteiger partial charge in [0.15, 0.2) is 0 Å². The fraction of sp³-hybridized carbons (Fsp3) is 0.300. The first-order valence-electron chi connectivity index (χ1n) is 12.2. The number of nitrogens with one attached hydrogen (secondary N) is 1. The molecule has 7 heteroatoms. The minimum Gasteiger partial charge on any atom is -0.478 e. The summed E-state index contributed by atoms with van der Waals surface area (Å²) < 4.78 is 10.6. The molecule has 0 fully saturated rings. The molecule has 1 aliphatic carbocycles. The summed E-state index contributed by atoms with van der Waals surface area (Å²) in [6.45, 7) is 6.01. The zero-order chi connectivity index (χ0) is 26.7. The van der Waals surface area contributed by atoms with Crippen LogP contribution in [0.3, 0.4) is 0 Å². The lowest BCUT2D eigenvalue weighted by Gasteiger charge is -2.25. The molecule has 0 saturated heterocycles. The molecule has 192 valence electrons. The molecular weight excluding hydrogens is 470 g/mol. The molecular formula is C30H31NO6. The number of esters is 1. The Bertz CT molecular complexity index is 1290. The summed E-state index contributed by atoms with van der Waals surface area (Å²) in [7, 11) is 1.26. The maximum absolute atomic E-state index is 12.9. The normalized spacial score (nSPS) is 13.3. The first kappa shape index (κ1) is 25.9. The second-order valence-electron chi connectivity index (χ2n) is 10.2. The molecule has 4 rings (SSSR count). The summed E-state index contributed by atoms with van der Waals surface area (Å²) >= 11 is 0. The minimum atomic E-state index is -1.03. The number of methoxy groups -OCH3 is 1. The zero-order valence-electron chi connectivity index (χ0n) is 21.4. The highest BCUT2D eigenvalue weighted by Gasteiger charge is 2.31. The van der Waals surface area contributed by atoms with Crippen molar-refractivity contribution in [2.24, 2.45) is 0 Å². The highest BCUT2D eigenvalue weighted by molar-refractivity contribution is 5.88. The molecule has 0 spiro atoms. The predicted molar refractivity (Wildman–Crippen MR) is 140 cm³/mol. The molecule has 1 aliphatic rings. The molecule has 0 aromatic heterocycles. The lowest BCUT2D eigenvalue weighted by molar-refractivity contribution is -0.143. The van der Waals surface area contributed by atoms with E-state index in [4.69, 9.17) is 9.47 Å². The fourth-order valence-corrected chi connectivity index (χ4v) is 4.92. The molecule has 1 unspecified atom stereocenters. The van der Waals surface area contributed by atoms with Crippen LogP contribution in [0.25, 0.3) is 11.1 Å². The van der Waals surface area contributed by atoms with Gasteiger partial charge >= 0.3 is 18.0 Å². The van der Waals surface area contributed by atoms with Gasteiger partial charge in [-0.05, 0) is 50.9 Å². The Hall–Kier alpha value is -4.13. The number of aromatic carboxylic acids is 1. The van der Waals surface area contributed by atoms with Gasteiger partial charge in [0, 0.05) is 12.3 Å². The van der Waals surface area contributed by atoms with Gasteiger partial charge in [-0.2, -0.15) is 0 Å². The van der Waals surface area contributed by atoms with Gasteiger partial charge in [-0.1, -0.05) is 75.4 Å². The number of hydrogen-bond donors (Lipinski definition) is 2. The number of carboxylic acid groups (broad SMARTS) is 1. The van der Waals surface area contributed by atoms with E-state index in [1.807, 2.05) is 57.2 Å². The van der Waals surface area contributed by atoms with Gasteiger partial charge in [0.1, 0.15) is 12.6 Å². The average Bonchev–Trinajstić information content (AvgIpc) is 3.19. The van der Waals surface area contributed by atoms with E-state index in [9.17, 15) is 19.5 Å². The van der Waals surface area contributed by atoms with Crippen molar-refractivity contribution >= 4 is 18.0 Å². The molecule has 0 aliphatic heterocycles. The van der Waals surface area contributed by atoms with E-state index >= 15 is 0 Å². The van der Waals surface area contributed by atoms with Crippen LogP contribution in [0.4, 0.5) is 4.79 Å². The summed E-state index contributed by atoms with van der Waals surface area (Å²) in [4.78, 5) is 36.9. The SMILES string of the molecule is COC(=O)C(Cc1ccc(C(=O)O)cc1C(C)(C)C)NC(=O)OCC1c2ccccc2-c2ccccc21. The largest absolute Gasteiger partial charge is 0.478 e. The van der Waals surface area contributed by atoms with Crippen molar-refractivity contribution in [2.45, 2.75) is 44.6 Å². The van der Waals surface area contributed by atoms with Crippen molar-refractivity contribution < 1.29 is 29.0 Å². The molecule has 0 radical (unpaired) electrons. The number of carbonyl (C=O) groups excluding carboxylic acids is 2. The second kappa shape index (κ2) is 10.5. The second-order valence-corrected chi connectivity index (χ2v) is 10.2. The Morgan fingerprint density at radius 3 is 2.08 bits per heavy atom. The highest BCUT2D eigenvalue weighted by atomic mass is 16.6. The number of hydrogen-bond acceptors (Lipinski definition) is 5. The molecule has 0 saturated carbocycles. The Labute approximate surface area is 216 Å². The summed E-state index contributed by atoms with van der Waals surface area (Å²) in [5.74, 6) is -1.75. The van der Waals surface area contributed by atoms with E-state index in [1.165, 1.54) is 13.2 Å². The van der Waals surface area contributed by atoms with Crippen molar-refractivity contribution in [1.82, 2.24) is 5.32 Å². The molecule has 7 nitrogen and oxygen atoms in total. The standard InChI is InChI=1S/C30H31NO6/c1-30(2,3)25-15-19(27(32)33)14-13-18(25)16-26(28(34)36-4)31-29(35)37-17-24-22-11-7-5-9-20(22)21-10-6-8-12-23(21)24/h5-15,24,26H,16-17H2,1-4H3,(H,31,35)(H,32,33). The Morgan fingerprint density at radius 2 is 1.54 bits per heavy atom. The Morgan fingerprint density at radius 1 is 0.946 bits per heavy atom. The van der Waals surface area contributed by atoms with E-state index in [2.05, 4.69) is 17.4 Å². The molecule has 0 bridgehead atoms. The first-order chi connectivity index (χ1) is 17.6. The van der Waals surface area contributed by atoms with Crippen molar-refractivity contribution in [3.8, 4) is 11.1 Å². The molecule has 0 heterocycles. The fourth-order valence-electron chi connectivity index (χ4n) is 4.92. The number of benzene rings is 3. The van der Waals surface area contributed by atoms with Crippen LogP contribution in [0.15, 0.2) is 66.7 Å². The molecule has 3 aromatic rings. The lowest BCUT2D eigenvalue weighted by Crippen LogP contribution is -2.44. The maximum Gasteiger partial charge on any atom is 0.407 e. The van der Waals surface area contributed by atoms with Crippen LogP contribution < -0.4 is 5.32 Å². The summed E-state index contributed by atoms with van der Waals surface area (Å²) in [6, 6.07) is 19.9. The number of amides is 1. The predicted octanol–water partition coefficient (Wildman–Crippen LogP) is 5.31. The lowest BCUT2D eigenvalue weighted by atomic mass is 9.81. The van der Waals surface area contributed by atoms with E-state index in [0.29, 0.717) is 0 Å². The van der Waals surface area contributed by atoms with Crippen LogP contribution in [0.2, 0.25) is 0 Å². The van der Waals surface area contributed by atoms with Crippen LogP contribution in [0.5, 0.6) is 0 Å². The van der Waals surface area contributed by atoms with Gasteiger partial charge in [0.25, 0.3) is 0 Å². The van der Waals surface area contributed by atoms with Gasteiger partial charge in [-0.15, -0.1) is 0 Å². The highest BCUT2D eigenvalue weighted by Crippen LogP contribution is 2.44. The number of alkyl carbamates (subject to hydrolysis) is 1.